The summed E-state index contributed by atoms with van der Waals surface area (Å²) in [5, 5.41) is 4.49. The molecule has 0 atom stereocenters. The molecular formula is C9H17F3N2O2. The van der Waals surface area contributed by atoms with Gasteiger partial charge in [0, 0.05) is 19.8 Å². The summed E-state index contributed by atoms with van der Waals surface area (Å²) >= 11 is 0. The second kappa shape index (κ2) is 8.35. The summed E-state index contributed by atoms with van der Waals surface area (Å²) in [6.07, 6.45) is -3.63. The van der Waals surface area contributed by atoms with Gasteiger partial charge in [-0.25, -0.2) is 0 Å². The van der Waals surface area contributed by atoms with E-state index >= 15 is 0 Å². The Morgan fingerprint density at radius 2 is 2.06 bits per heavy atom. The van der Waals surface area contributed by atoms with Crippen LogP contribution in [0.1, 0.15) is 13.3 Å². The van der Waals surface area contributed by atoms with Crippen LogP contribution in [0.15, 0.2) is 0 Å². The molecule has 0 spiro atoms. The number of rotatable bonds is 8. The molecule has 2 N–H and O–H groups in total. The summed E-state index contributed by atoms with van der Waals surface area (Å²) in [7, 11) is 0. The Labute approximate surface area is 92.5 Å². The van der Waals surface area contributed by atoms with Gasteiger partial charge in [0.05, 0.1) is 13.1 Å². The Kier molecular flexibility index (Phi) is 7.92. The molecule has 0 aromatic rings. The van der Waals surface area contributed by atoms with Crippen molar-refractivity contribution in [3.63, 3.8) is 0 Å². The van der Waals surface area contributed by atoms with E-state index in [2.05, 4.69) is 5.32 Å². The van der Waals surface area contributed by atoms with Gasteiger partial charge >= 0.3 is 6.18 Å². The van der Waals surface area contributed by atoms with E-state index in [1.165, 1.54) is 0 Å². The van der Waals surface area contributed by atoms with Gasteiger partial charge < -0.3 is 15.4 Å². The maximum absolute atomic E-state index is 11.7. The second-order valence-corrected chi connectivity index (χ2v) is 3.12. The number of halogens is 3. The first kappa shape index (κ1) is 15.2. The molecule has 0 aliphatic carbocycles. The minimum atomic E-state index is -4.28. The molecule has 0 unspecified atom stereocenters. The molecule has 0 heterocycles. The van der Waals surface area contributed by atoms with Gasteiger partial charge in [-0.15, -0.1) is 0 Å². The molecule has 0 aliphatic rings. The lowest BCUT2D eigenvalue weighted by Gasteiger charge is -2.08. The van der Waals surface area contributed by atoms with Crippen LogP contribution in [0.25, 0.3) is 0 Å². The van der Waals surface area contributed by atoms with E-state index in [-0.39, 0.29) is 6.54 Å². The normalized spacial score (nSPS) is 11.5. The van der Waals surface area contributed by atoms with Crippen LogP contribution in [0.4, 0.5) is 13.2 Å². The largest absolute Gasteiger partial charge is 0.401 e. The van der Waals surface area contributed by atoms with E-state index in [0.717, 1.165) is 0 Å². The van der Waals surface area contributed by atoms with Crippen molar-refractivity contribution in [1.29, 1.82) is 0 Å². The number of hydrogen-bond donors (Lipinski definition) is 2. The molecule has 16 heavy (non-hydrogen) atoms. The lowest BCUT2D eigenvalue weighted by molar-refractivity contribution is -0.128. The molecule has 0 saturated heterocycles. The van der Waals surface area contributed by atoms with Gasteiger partial charge in [-0.2, -0.15) is 13.2 Å². The van der Waals surface area contributed by atoms with Crippen molar-refractivity contribution in [1.82, 2.24) is 10.6 Å². The molecule has 1 amide bonds. The van der Waals surface area contributed by atoms with Crippen LogP contribution < -0.4 is 10.6 Å². The summed E-state index contributed by atoms with van der Waals surface area (Å²) in [4.78, 5) is 11.0. The number of nitrogens with one attached hydrogen (secondary N) is 2. The second-order valence-electron chi connectivity index (χ2n) is 3.12. The smallest absolute Gasteiger partial charge is 0.382 e. The summed E-state index contributed by atoms with van der Waals surface area (Å²) in [6.45, 7) is 1.94. The van der Waals surface area contributed by atoms with Gasteiger partial charge in [-0.05, 0) is 13.3 Å². The van der Waals surface area contributed by atoms with Crippen LogP contribution in [-0.4, -0.2) is 44.9 Å². The van der Waals surface area contributed by atoms with Gasteiger partial charge in [-0.3, -0.25) is 4.79 Å². The molecule has 96 valence electrons. The molecule has 0 saturated carbocycles. The summed E-state index contributed by atoms with van der Waals surface area (Å²) in [5.41, 5.74) is 0. The zero-order chi connectivity index (χ0) is 12.4. The highest BCUT2D eigenvalue weighted by Gasteiger charge is 2.26. The van der Waals surface area contributed by atoms with Crippen molar-refractivity contribution in [2.24, 2.45) is 0 Å². The minimum absolute atomic E-state index is 0.325. The number of amides is 1. The number of alkyl halides is 3. The van der Waals surface area contributed by atoms with Gasteiger partial charge in [0.2, 0.25) is 5.91 Å². The van der Waals surface area contributed by atoms with Crippen LogP contribution in [0.5, 0.6) is 0 Å². The van der Waals surface area contributed by atoms with E-state index in [9.17, 15) is 18.0 Å². The lowest BCUT2D eigenvalue weighted by atomic mass is 10.4. The molecule has 0 aliphatic heterocycles. The van der Waals surface area contributed by atoms with Crippen molar-refractivity contribution < 1.29 is 22.7 Å². The Morgan fingerprint density at radius 1 is 1.38 bits per heavy atom. The molecule has 0 bridgehead atoms. The fourth-order valence-corrected chi connectivity index (χ4v) is 0.927. The van der Waals surface area contributed by atoms with Crippen molar-refractivity contribution in [3.05, 3.63) is 0 Å². The molecular weight excluding hydrogens is 225 g/mol. The molecule has 7 heteroatoms. The predicted molar refractivity (Wildman–Crippen MR) is 53.0 cm³/mol. The monoisotopic (exact) mass is 242 g/mol. The molecule has 0 radical (unpaired) electrons. The number of carbonyl (C=O) groups is 1. The quantitative estimate of drug-likeness (QED) is 0.615. The average Bonchev–Trinajstić information content (AvgIpc) is 2.15. The van der Waals surface area contributed by atoms with Crippen LogP contribution >= 0.6 is 0 Å². The highest BCUT2D eigenvalue weighted by molar-refractivity contribution is 5.77. The zero-order valence-corrected chi connectivity index (χ0v) is 9.19. The maximum atomic E-state index is 11.7. The highest BCUT2D eigenvalue weighted by atomic mass is 19.4. The van der Waals surface area contributed by atoms with E-state index in [1.807, 2.05) is 12.2 Å². The summed E-state index contributed by atoms with van der Waals surface area (Å²) < 4.78 is 40.1. The van der Waals surface area contributed by atoms with Gasteiger partial charge in [-0.1, -0.05) is 0 Å². The van der Waals surface area contributed by atoms with E-state index < -0.39 is 18.6 Å². The van der Waals surface area contributed by atoms with Crippen LogP contribution in [-0.2, 0) is 9.53 Å². The maximum Gasteiger partial charge on any atom is 0.401 e. The highest BCUT2D eigenvalue weighted by Crippen LogP contribution is 2.11. The fourth-order valence-electron chi connectivity index (χ4n) is 0.927. The van der Waals surface area contributed by atoms with Gasteiger partial charge in [0.1, 0.15) is 0 Å². The molecule has 4 nitrogen and oxygen atoms in total. The predicted octanol–water partition coefficient (Wildman–Crippen LogP) is 0.681. The Morgan fingerprint density at radius 3 is 2.62 bits per heavy atom. The van der Waals surface area contributed by atoms with Crippen molar-refractivity contribution in [3.8, 4) is 0 Å². The van der Waals surface area contributed by atoms with E-state index in [0.29, 0.717) is 26.2 Å². The molecule has 0 aromatic carbocycles. The van der Waals surface area contributed by atoms with Crippen LogP contribution in [0.2, 0.25) is 0 Å². The Balaban J connectivity index is 3.32. The summed E-state index contributed by atoms with van der Waals surface area (Å²) in [5.74, 6) is -0.444. The van der Waals surface area contributed by atoms with Gasteiger partial charge in [0.15, 0.2) is 0 Å². The van der Waals surface area contributed by atoms with Crippen molar-refractivity contribution >= 4 is 5.91 Å². The first-order valence-electron chi connectivity index (χ1n) is 5.07. The first-order valence-corrected chi connectivity index (χ1v) is 5.07. The molecule has 0 fully saturated rings. The Bertz CT molecular complexity index is 198. The number of hydrogen-bond acceptors (Lipinski definition) is 3. The van der Waals surface area contributed by atoms with Crippen molar-refractivity contribution in [2.45, 2.75) is 19.5 Å². The molecule has 0 rings (SSSR count). The third kappa shape index (κ3) is 11.3. The summed E-state index contributed by atoms with van der Waals surface area (Å²) in [6, 6.07) is 0. The zero-order valence-electron chi connectivity index (χ0n) is 9.19. The topological polar surface area (TPSA) is 50.4 Å². The third-order valence-electron chi connectivity index (χ3n) is 1.60. The number of ether oxygens (including phenoxy) is 1. The average molecular weight is 242 g/mol. The lowest BCUT2D eigenvalue weighted by Crippen LogP contribution is -2.38. The number of carbonyl (C=O) groups excluding carboxylic acids is 1. The van der Waals surface area contributed by atoms with Gasteiger partial charge in [0.25, 0.3) is 0 Å². The Hall–Kier alpha value is -0.820. The van der Waals surface area contributed by atoms with E-state index in [1.54, 1.807) is 0 Å². The molecule has 0 aromatic heterocycles. The third-order valence-corrected chi connectivity index (χ3v) is 1.60. The van der Waals surface area contributed by atoms with Crippen LogP contribution in [0.3, 0.4) is 0 Å². The first-order chi connectivity index (χ1) is 7.45. The minimum Gasteiger partial charge on any atom is -0.382 e. The van der Waals surface area contributed by atoms with E-state index in [4.69, 9.17) is 4.74 Å². The van der Waals surface area contributed by atoms with Crippen LogP contribution in [0, 0.1) is 0 Å². The van der Waals surface area contributed by atoms with Crippen molar-refractivity contribution in [2.75, 3.05) is 32.8 Å². The SMILES string of the molecule is CCOCCCNC(=O)CNCC(F)(F)F. The fraction of sp³-hybridized carbons (Fsp3) is 0.889. The standard InChI is InChI=1S/C9H17F3N2O2/c1-2-16-5-3-4-14-8(15)6-13-7-9(10,11)12/h13H,2-7H2,1H3,(H,14,15).